The molecule has 0 saturated heterocycles. The molecule has 1 aliphatic rings. The van der Waals surface area contributed by atoms with Crippen molar-refractivity contribution in [2.24, 2.45) is 0 Å². The van der Waals surface area contributed by atoms with E-state index in [0.29, 0.717) is 0 Å². The van der Waals surface area contributed by atoms with Crippen molar-refractivity contribution in [1.29, 1.82) is 0 Å². The largest absolute Gasteiger partial charge is 0.387 e. The van der Waals surface area contributed by atoms with Gasteiger partial charge in [0.25, 0.3) is 0 Å². The molecule has 0 fully saturated rings. The van der Waals surface area contributed by atoms with Gasteiger partial charge in [0, 0.05) is 0 Å². The molecule has 2 heteroatoms. The molecule has 1 nitrogen and oxygen atoms in total. The summed E-state index contributed by atoms with van der Waals surface area (Å²) in [5.74, 6) is 0. The van der Waals surface area contributed by atoms with E-state index in [1.807, 2.05) is 19.1 Å². The van der Waals surface area contributed by atoms with Crippen LogP contribution in [-0.2, 0) is 0 Å². The fourth-order valence-electron chi connectivity index (χ4n) is 1.02. The zero-order valence-corrected chi connectivity index (χ0v) is 6.89. The Morgan fingerprint density at radius 1 is 1.70 bits per heavy atom. The topological polar surface area (TPSA) is 20.2 Å². The lowest BCUT2D eigenvalue weighted by molar-refractivity contribution is 0.183. The molecule has 10 heavy (non-hydrogen) atoms. The van der Waals surface area contributed by atoms with E-state index in [4.69, 9.17) is 11.6 Å². The molecule has 0 heterocycles. The van der Waals surface area contributed by atoms with Gasteiger partial charge in [-0.05, 0) is 19.4 Å². The average molecular weight is 159 g/mol. The smallest absolute Gasteiger partial charge is 0.0974 e. The molecule has 0 bridgehead atoms. The van der Waals surface area contributed by atoms with E-state index in [0.717, 1.165) is 5.57 Å². The summed E-state index contributed by atoms with van der Waals surface area (Å²) in [4.78, 5) is -0.612. The fourth-order valence-corrected chi connectivity index (χ4v) is 1.26. The molecule has 1 rings (SSSR count). The minimum atomic E-state index is -0.612. The summed E-state index contributed by atoms with van der Waals surface area (Å²) in [7, 11) is 0. The van der Waals surface area contributed by atoms with E-state index in [9.17, 15) is 5.11 Å². The number of aliphatic hydroxyl groups excluding tert-OH is 1. The Hall–Kier alpha value is -0.270. The maximum atomic E-state index is 9.45. The number of halogens is 1. The molecule has 1 aliphatic carbocycles. The molecule has 1 N–H and O–H groups in total. The van der Waals surface area contributed by atoms with Crippen LogP contribution in [-0.4, -0.2) is 16.1 Å². The molecular formula is C8H11ClO. The summed E-state index contributed by atoms with van der Waals surface area (Å²) in [5, 5.41) is 9.45. The van der Waals surface area contributed by atoms with Crippen LogP contribution in [0.15, 0.2) is 23.8 Å². The highest BCUT2D eigenvalue weighted by Crippen LogP contribution is 2.28. The minimum absolute atomic E-state index is 0.542. The van der Waals surface area contributed by atoms with Gasteiger partial charge in [0.2, 0.25) is 0 Å². The van der Waals surface area contributed by atoms with Gasteiger partial charge in [-0.25, -0.2) is 0 Å². The van der Waals surface area contributed by atoms with E-state index >= 15 is 0 Å². The molecule has 2 unspecified atom stereocenters. The van der Waals surface area contributed by atoms with Gasteiger partial charge in [0.15, 0.2) is 0 Å². The van der Waals surface area contributed by atoms with Crippen LogP contribution in [0.5, 0.6) is 0 Å². The van der Waals surface area contributed by atoms with Gasteiger partial charge in [-0.3, -0.25) is 0 Å². The number of aliphatic hydroxyl groups is 1. The lowest BCUT2D eigenvalue weighted by Crippen LogP contribution is -2.33. The first kappa shape index (κ1) is 7.83. The fraction of sp³-hybridized carbons (Fsp3) is 0.500. The first-order valence-corrected chi connectivity index (χ1v) is 3.65. The summed E-state index contributed by atoms with van der Waals surface area (Å²) in [6.45, 7) is 3.67. The quantitative estimate of drug-likeness (QED) is 0.534. The van der Waals surface area contributed by atoms with E-state index in [-0.39, 0.29) is 0 Å². The van der Waals surface area contributed by atoms with Crippen molar-refractivity contribution in [2.75, 3.05) is 0 Å². The van der Waals surface area contributed by atoms with Gasteiger partial charge in [-0.1, -0.05) is 18.2 Å². The molecule has 0 aliphatic heterocycles. The van der Waals surface area contributed by atoms with Crippen molar-refractivity contribution >= 4 is 11.6 Å². The monoisotopic (exact) mass is 158 g/mol. The van der Waals surface area contributed by atoms with Gasteiger partial charge >= 0.3 is 0 Å². The van der Waals surface area contributed by atoms with Gasteiger partial charge in [0.05, 0.1) is 11.0 Å². The molecule has 0 aromatic carbocycles. The molecule has 0 aromatic rings. The standard InChI is InChI=1S/C8H11ClO/c1-6-4-3-5-8(2,9)7(6)10/h3-5,7,10H,1-2H3. The van der Waals surface area contributed by atoms with Crippen LogP contribution in [0, 0.1) is 0 Å². The number of hydrogen-bond acceptors (Lipinski definition) is 1. The highest BCUT2D eigenvalue weighted by atomic mass is 35.5. The first-order chi connectivity index (χ1) is 4.54. The number of rotatable bonds is 0. The van der Waals surface area contributed by atoms with Crippen molar-refractivity contribution in [3.8, 4) is 0 Å². The van der Waals surface area contributed by atoms with Crippen LogP contribution in [0.2, 0.25) is 0 Å². The van der Waals surface area contributed by atoms with Gasteiger partial charge in [-0.2, -0.15) is 0 Å². The predicted octanol–water partition coefficient (Wildman–Crippen LogP) is 1.86. The maximum absolute atomic E-state index is 9.45. The van der Waals surface area contributed by atoms with Crippen LogP contribution < -0.4 is 0 Å². The third-order valence-corrected chi connectivity index (χ3v) is 2.08. The van der Waals surface area contributed by atoms with Crippen molar-refractivity contribution < 1.29 is 5.11 Å². The molecule has 0 saturated carbocycles. The number of hydrogen-bond donors (Lipinski definition) is 1. The lowest BCUT2D eigenvalue weighted by Gasteiger charge is -2.27. The molecule has 0 aromatic heterocycles. The Bertz CT molecular complexity index is 191. The van der Waals surface area contributed by atoms with Crippen molar-refractivity contribution in [1.82, 2.24) is 0 Å². The summed E-state index contributed by atoms with van der Waals surface area (Å²) < 4.78 is 0. The van der Waals surface area contributed by atoms with Crippen LogP contribution in [0.25, 0.3) is 0 Å². The second-order valence-electron chi connectivity index (χ2n) is 2.82. The van der Waals surface area contributed by atoms with Crippen LogP contribution >= 0.6 is 11.6 Å². The van der Waals surface area contributed by atoms with Crippen LogP contribution in [0.4, 0.5) is 0 Å². The molecule has 0 amide bonds. The minimum Gasteiger partial charge on any atom is -0.387 e. The Morgan fingerprint density at radius 3 is 2.70 bits per heavy atom. The highest BCUT2D eigenvalue weighted by molar-refractivity contribution is 6.25. The summed E-state index contributed by atoms with van der Waals surface area (Å²) >= 11 is 5.94. The van der Waals surface area contributed by atoms with Crippen molar-refractivity contribution in [3.63, 3.8) is 0 Å². The second kappa shape index (κ2) is 2.40. The number of allylic oxidation sites excluding steroid dienone is 2. The van der Waals surface area contributed by atoms with E-state index in [1.54, 1.807) is 13.0 Å². The Labute approximate surface area is 66.0 Å². The molecule has 0 spiro atoms. The average Bonchev–Trinajstić information content (AvgIpc) is 1.83. The van der Waals surface area contributed by atoms with Gasteiger partial charge in [0.1, 0.15) is 0 Å². The molecule has 2 atom stereocenters. The Morgan fingerprint density at radius 2 is 2.30 bits per heavy atom. The maximum Gasteiger partial charge on any atom is 0.0974 e. The van der Waals surface area contributed by atoms with Gasteiger partial charge < -0.3 is 5.11 Å². The highest BCUT2D eigenvalue weighted by Gasteiger charge is 2.30. The van der Waals surface area contributed by atoms with Crippen LogP contribution in [0.3, 0.4) is 0 Å². The van der Waals surface area contributed by atoms with E-state index < -0.39 is 11.0 Å². The summed E-state index contributed by atoms with van der Waals surface area (Å²) in [6.07, 6.45) is 5.00. The normalized spacial score (nSPS) is 39.6. The SMILES string of the molecule is CC1=CC=CC(C)(Cl)C1O. The first-order valence-electron chi connectivity index (χ1n) is 3.27. The van der Waals surface area contributed by atoms with Crippen molar-refractivity contribution in [2.45, 2.75) is 24.8 Å². The predicted molar refractivity (Wildman–Crippen MR) is 43.2 cm³/mol. The van der Waals surface area contributed by atoms with Gasteiger partial charge in [-0.15, -0.1) is 11.6 Å². The summed E-state index contributed by atoms with van der Waals surface area (Å²) in [6, 6.07) is 0. The third-order valence-electron chi connectivity index (χ3n) is 1.75. The Kier molecular flexibility index (Phi) is 1.88. The van der Waals surface area contributed by atoms with E-state index in [2.05, 4.69) is 0 Å². The molecule has 0 radical (unpaired) electrons. The van der Waals surface area contributed by atoms with Crippen LogP contribution in [0.1, 0.15) is 13.8 Å². The third kappa shape index (κ3) is 1.25. The Balaban J connectivity index is 2.89. The second-order valence-corrected chi connectivity index (χ2v) is 3.64. The lowest BCUT2D eigenvalue weighted by atomic mass is 9.93. The zero-order chi connectivity index (χ0) is 7.78. The summed E-state index contributed by atoms with van der Waals surface area (Å²) in [5.41, 5.74) is 0.917. The number of alkyl halides is 1. The van der Waals surface area contributed by atoms with E-state index in [1.165, 1.54) is 0 Å². The zero-order valence-electron chi connectivity index (χ0n) is 6.13. The molecule has 56 valence electrons. The van der Waals surface area contributed by atoms with Crippen molar-refractivity contribution in [3.05, 3.63) is 23.8 Å². The molecular weight excluding hydrogens is 148 g/mol.